The van der Waals surface area contributed by atoms with Crippen LogP contribution in [-0.4, -0.2) is 23.0 Å². The number of rotatable bonds is 3. The molecule has 0 amide bonds. The van der Waals surface area contributed by atoms with Crippen LogP contribution < -0.4 is 5.56 Å². The van der Waals surface area contributed by atoms with Crippen LogP contribution in [0.25, 0.3) is 10.9 Å². The van der Waals surface area contributed by atoms with Crippen molar-refractivity contribution < 1.29 is 9.53 Å². The molecule has 0 spiro atoms. The van der Waals surface area contributed by atoms with Gasteiger partial charge in [0, 0.05) is 23.7 Å². The Balaban J connectivity index is 2.03. The topological polar surface area (TPSA) is 72.0 Å². The first-order valence-electron chi connectivity index (χ1n) is 6.82. The second-order valence-corrected chi connectivity index (χ2v) is 4.87. The first-order valence-corrected chi connectivity index (χ1v) is 6.82. The fraction of sp³-hybridized carbons (Fsp3) is 0.118. The lowest BCUT2D eigenvalue weighted by Gasteiger charge is -2.07. The molecule has 0 saturated carbocycles. The van der Waals surface area contributed by atoms with E-state index in [2.05, 4.69) is 14.7 Å². The molecule has 0 bridgehead atoms. The summed E-state index contributed by atoms with van der Waals surface area (Å²) in [5, 5.41) is 1.05. The van der Waals surface area contributed by atoms with E-state index >= 15 is 0 Å². The summed E-state index contributed by atoms with van der Waals surface area (Å²) in [6.45, 7) is 0. The fourth-order valence-corrected chi connectivity index (χ4v) is 2.39. The van der Waals surface area contributed by atoms with Crippen molar-refractivity contribution in [2.75, 3.05) is 7.11 Å². The van der Waals surface area contributed by atoms with Gasteiger partial charge in [0.05, 0.1) is 12.6 Å². The number of methoxy groups -OCH3 is 1. The Labute approximate surface area is 126 Å². The Bertz CT molecular complexity index is 900. The highest BCUT2D eigenvalue weighted by molar-refractivity contribution is 5.90. The van der Waals surface area contributed by atoms with Gasteiger partial charge in [-0.05, 0) is 23.8 Å². The highest BCUT2D eigenvalue weighted by Crippen LogP contribution is 2.15. The number of esters is 1. The van der Waals surface area contributed by atoms with E-state index < -0.39 is 11.5 Å². The average Bonchev–Trinajstić information content (AvgIpc) is 2.54. The second kappa shape index (κ2) is 5.81. The summed E-state index contributed by atoms with van der Waals surface area (Å²) in [7, 11) is 1.26. The van der Waals surface area contributed by atoms with E-state index in [1.165, 1.54) is 13.3 Å². The third-order valence-electron chi connectivity index (χ3n) is 3.46. The van der Waals surface area contributed by atoms with Crippen LogP contribution >= 0.6 is 0 Å². The van der Waals surface area contributed by atoms with E-state index in [1.807, 2.05) is 36.4 Å². The average molecular weight is 294 g/mol. The number of nitrogens with one attached hydrogen (secondary N) is 1. The largest absolute Gasteiger partial charge is 0.465 e. The molecule has 5 heteroatoms. The summed E-state index contributed by atoms with van der Waals surface area (Å²) in [4.78, 5) is 30.7. The smallest absolute Gasteiger partial charge is 0.343 e. The summed E-state index contributed by atoms with van der Waals surface area (Å²) in [6.07, 6.45) is 1.91. The second-order valence-electron chi connectivity index (χ2n) is 4.87. The summed E-state index contributed by atoms with van der Waals surface area (Å²) in [5.41, 5.74) is 1.84. The number of H-pyrrole nitrogens is 1. The van der Waals surface area contributed by atoms with Crippen molar-refractivity contribution in [1.29, 1.82) is 0 Å². The first kappa shape index (κ1) is 14.0. The van der Waals surface area contributed by atoms with Gasteiger partial charge in [-0.25, -0.2) is 4.79 Å². The number of nitrogens with zero attached hydrogens (tertiary/aromatic N) is 1. The normalized spacial score (nSPS) is 10.6. The zero-order chi connectivity index (χ0) is 15.5. The highest BCUT2D eigenvalue weighted by atomic mass is 16.5. The highest BCUT2D eigenvalue weighted by Gasteiger charge is 2.16. The summed E-state index contributed by atoms with van der Waals surface area (Å²) in [5.74, 6) is -0.641. The molecular weight excluding hydrogens is 280 g/mol. The minimum Gasteiger partial charge on any atom is -0.465 e. The molecule has 0 atom stereocenters. The molecule has 0 saturated heterocycles. The van der Waals surface area contributed by atoms with Gasteiger partial charge in [-0.15, -0.1) is 0 Å². The fourth-order valence-electron chi connectivity index (χ4n) is 2.39. The Hall–Kier alpha value is -2.95. The number of aromatic amines is 1. The van der Waals surface area contributed by atoms with Gasteiger partial charge < -0.3 is 9.72 Å². The van der Waals surface area contributed by atoms with Crippen LogP contribution in [0.3, 0.4) is 0 Å². The molecule has 0 aliphatic heterocycles. The van der Waals surface area contributed by atoms with E-state index in [9.17, 15) is 9.59 Å². The number of ether oxygens (including phenoxy) is 1. The summed E-state index contributed by atoms with van der Waals surface area (Å²) >= 11 is 0. The van der Waals surface area contributed by atoms with Gasteiger partial charge in [0.1, 0.15) is 5.56 Å². The number of carbonyl (C=O) groups is 1. The molecule has 0 fully saturated rings. The molecule has 0 radical (unpaired) electrons. The number of aromatic nitrogens is 2. The molecule has 0 aliphatic rings. The maximum atomic E-state index is 11.9. The predicted octanol–water partition coefficient (Wildman–Crippen LogP) is 2.30. The van der Waals surface area contributed by atoms with E-state index in [-0.39, 0.29) is 5.56 Å². The van der Waals surface area contributed by atoms with Gasteiger partial charge in [-0.2, -0.15) is 0 Å². The SMILES string of the molecule is COC(=O)c1c(Cc2ccc3ccccc3n2)cc[nH]c1=O. The molecule has 0 unspecified atom stereocenters. The minimum absolute atomic E-state index is 0.0277. The van der Waals surface area contributed by atoms with E-state index in [4.69, 9.17) is 0 Å². The van der Waals surface area contributed by atoms with E-state index in [0.717, 1.165) is 16.6 Å². The third-order valence-corrected chi connectivity index (χ3v) is 3.46. The molecular formula is C17H14N2O3. The van der Waals surface area contributed by atoms with Crippen LogP contribution in [0.2, 0.25) is 0 Å². The van der Waals surface area contributed by atoms with Gasteiger partial charge in [-0.3, -0.25) is 9.78 Å². The molecule has 22 heavy (non-hydrogen) atoms. The number of benzene rings is 1. The minimum atomic E-state index is -0.641. The molecule has 0 aliphatic carbocycles. The van der Waals surface area contributed by atoms with Crippen LogP contribution in [-0.2, 0) is 11.2 Å². The first-order chi connectivity index (χ1) is 10.7. The number of hydrogen-bond donors (Lipinski definition) is 1. The zero-order valence-corrected chi connectivity index (χ0v) is 12.0. The zero-order valence-electron chi connectivity index (χ0n) is 12.0. The van der Waals surface area contributed by atoms with Crippen molar-refractivity contribution in [2.24, 2.45) is 0 Å². The monoisotopic (exact) mass is 294 g/mol. The van der Waals surface area contributed by atoms with Crippen LogP contribution in [0, 0.1) is 0 Å². The van der Waals surface area contributed by atoms with Crippen molar-refractivity contribution in [3.05, 3.63) is 75.8 Å². The Morgan fingerprint density at radius 1 is 1.18 bits per heavy atom. The number of pyridine rings is 2. The van der Waals surface area contributed by atoms with Crippen LogP contribution in [0.1, 0.15) is 21.6 Å². The molecule has 2 heterocycles. The number of carbonyl (C=O) groups excluding carboxylic acids is 1. The Kier molecular flexibility index (Phi) is 3.70. The van der Waals surface area contributed by atoms with Crippen molar-refractivity contribution in [2.45, 2.75) is 6.42 Å². The molecule has 1 aromatic carbocycles. The van der Waals surface area contributed by atoms with Crippen LogP contribution in [0.4, 0.5) is 0 Å². The molecule has 2 aromatic heterocycles. The van der Waals surface area contributed by atoms with Gasteiger partial charge in [-0.1, -0.05) is 24.3 Å². The number of para-hydroxylation sites is 1. The standard InChI is InChI=1S/C17H14N2O3/c1-22-17(21)15-12(8-9-18-16(15)20)10-13-7-6-11-4-2-3-5-14(11)19-13/h2-9H,10H2,1H3,(H,18,20). The van der Waals surface area contributed by atoms with E-state index in [1.54, 1.807) is 6.07 Å². The lowest BCUT2D eigenvalue weighted by Crippen LogP contribution is -2.21. The van der Waals surface area contributed by atoms with Crippen molar-refractivity contribution in [3.63, 3.8) is 0 Å². The van der Waals surface area contributed by atoms with Gasteiger partial charge in [0.25, 0.3) is 5.56 Å². The molecule has 3 rings (SSSR count). The van der Waals surface area contributed by atoms with E-state index in [0.29, 0.717) is 12.0 Å². The van der Waals surface area contributed by atoms with Gasteiger partial charge in [0.2, 0.25) is 0 Å². The molecule has 110 valence electrons. The summed E-state index contributed by atoms with van der Waals surface area (Å²) < 4.78 is 4.69. The third kappa shape index (κ3) is 2.61. The van der Waals surface area contributed by atoms with Crippen molar-refractivity contribution in [3.8, 4) is 0 Å². The summed E-state index contributed by atoms with van der Waals surface area (Å²) in [6, 6.07) is 13.4. The van der Waals surface area contributed by atoms with Crippen LogP contribution in [0.15, 0.2) is 53.5 Å². The molecule has 1 N–H and O–H groups in total. The lowest BCUT2D eigenvalue weighted by molar-refractivity contribution is 0.0597. The quantitative estimate of drug-likeness (QED) is 0.752. The predicted molar refractivity (Wildman–Crippen MR) is 83.0 cm³/mol. The maximum Gasteiger partial charge on any atom is 0.343 e. The number of hydrogen-bond acceptors (Lipinski definition) is 4. The molecule has 5 nitrogen and oxygen atoms in total. The molecule has 3 aromatic rings. The maximum absolute atomic E-state index is 11.9. The Morgan fingerprint density at radius 2 is 2.00 bits per heavy atom. The van der Waals surface area contributed by atoms with Crippen molar-refractivity contribution >= 4 is 16.9 Å². The van der Waals surface area contributed by atoms with Crippen molar-refractivity contribution in [1.82, 2.24) is 9.97 Å². The Morgan fingerprint density at radius 3 is 2.82 bits per heavy atom. The van der Waals surface area contributed by atoms with Gasteiger partial charge >= 0.3 is 5.97 Å². The van der Waals surface area contributed by atoms with Crippen LogP contribution in [0.5, 0.6) is 0 Å². The lowest BCUT2D eigenvalue weighted by atomic mass is 10.0. The number of fused-ring (bicyclic) bond motifs is 1. The van der Waals surface area contributed by atoms with Gasteiger partial charge in [0.15, 0.2) is 0 Å².